The minimum absolute atomic E-state index is 0.0896. The van der Waals surface area contributed by atoms with E-state index >= 15 is 0 Å². The molecule has 0 spiro atoms. The Hall–Kier alpha value is -0.0100. The standard InChI is InChI=1S/C11H11BrCl2O4S/c12-8-3-9(13)11(10(4-8)19(14,15)16)18-6-7-1-2-17-5-7/h3-4,7H,1-2,5-6H2. The van der Waals surface area contributed by atoms with E-state index in [9.17, 15) is 8.42 Å². The summed E-state index contributed by atoms with van der Waals surface area (Å²) in [6.07, 6.45) is 0.886. The summed E-state index contributed by atoms with van der Waals surface area (Å²) in [4.78, 5) is -0.132. The third-order valence-corrected chi connectivity index (χ3v) is 4.79. The Morgan fingerprint density at radius 1 is 1.47 bits per heavy atom. The van der Waals surface area contributed by atoms with Crippen LogP contribution in [0.25, 0.3) is 0 Å². The second kappa shape index (κ2) is 6.18. The zero-order valence-corrected chi connectivity index (χ0v) is 13.6. The van der Waals surface area contributed by atoms with Gasteiger partial charge in [-0.05, 0) is 18.6 Å². The molecule has 1 heterocycles. The number of hydrogen-bond donors (Lipinski definition) is 0. The Bertz CT molecular complexity index is 570. The van der Waals surface area contributed by atoms with Gasteiger partial charge in [-0.3, -0.25) is 0 Å². The van der Waals surface area contributed by atoms with Crippen LogP contribution in [0, 0.1) is 5.92 Å². The van der Waals surface area contributed by atoms with E-state index < -0.39 is 9.05 Å². The Balaban J connectivity index is 2.27. The van der Waals surface area contributed by atoms with E-state index in [0.29, 0.717) is 24.3 Å². The molecular weight excluding hydrogens is 379 g/mol. The maximum absolute atomic E-state index is 11.5. The second-order valence-corrected chi connectivity index (χ2v) is 8.05. The molecule has 8 heteroatoms. The number of rotatable bonds is 4. The fourth-order valence-electron chi connectivity index (χ4n) is 1.77. The molecule has 19 heavy (non-hydrogen) atoms. The molecule has 1 fully saturated rings. The van der Waals surface area contributed by atoms with Gasteiger partial charge < -0.3 is 9.47 Å². The van der Waals surface area contributed by atoms with Gasteiger partial charge >= 0.3 is 0 Å². The smallest absolute Gasteiger partial charge is 0.265 e. The first-order valence-corrected chi connectivity index (χ1v) is 9.00. The Kier molecular flexibility index (Phi) is 5.00. The molecule has 1 saturated heterocycles. The number of hydrogen-bond acceptors (Lipinski definition) is 4. The quantitative estimate of drug-likeness (QED) is 0.740. The SMILES string of the molecule is O=S(=O)(Cl)c1cc(Br)cc(Cl)c1OCC1CCOC1. The van der Waals surface area contributed by atoms with Gasteiger partial charge in [0, 0.05) is 27.7 Å². The first kappa shape index (κ1) is 15.4. The monoisotopic (exact) mass is 388 g/mol. The van der Waals surface area contributed by atoms with Crippen LogP contribution in [0.3, 0.4) is 0 Å². The summed E-state index contributed by atoms with van der Waals surface area (Å²) in [5, 5.41) is 0.201. The van der Waals surface area contributed by atoms with Crippen molar-refractivity contribution in [2.24, 2.45) is 5.92 Å². The number of benzene rings is 1. The lowest BCUT2D eigenvalue weighted by atomic mass is 10.1. The summed E-state index contributed by atoms with van der Waals surface area (Å²) in [6.45, 7) is 1.65. The Morgan fingerprint density at radius 2 is 2.21 bits per heavy atom. The third-order valence-electron chi connectivity index (χ3n) is 2.72. The van der Waals surface area contributed by atoms with Crippen LogP contribution in [0.4, 0.5) is 0 Å². The van der Waals surface area contributed by atoms with E-state index in [1.807, 2.05) is 0 Å². The lowest BCUT2D eigenvalue weighted by Gasteiger charge is -2.14. The average molecular weight is 390 g/mol. The van der Waals surface area contributed by atoms with E-state index in [1.54, 1.807) is 6.07 Å². The molecule has 4 nitrogen and oxygen atoms in total. The molecule has 0 aromatic heterocycles. The van der Waals surface area contributed by atoms with Gasteiger partial charge in [-0.15, -0.1) is 0 Å². The molecule has 1 atom stereocenters. The molecule has 0 saturated carbocycles. The predicted octanol–water partition coefficient (Wildman–Crippen LogP) is 3.45. The van der Waals surface area contributed by atoms with Crippen LogP contribution in [0.2, 0.25) is 5.02 Å². The maximum atomic E-state index is 11.5. The maximum Gasteiger partial charge on any atom is 0.265 e. The van der Waals surface area contributed by atoms with E-state index in [0.717, 1.165) is 6.42 Å². The molecular formula is C11H11BrCl2O4S. The van der Waals surface area contributed by atoms with Crippen LogP contribution in [0.5, 0.6) is 5.75 Å². The van der Waals surface area contributed by atoms with Gasteiger partial charge in [-0.1, -0.05) is 27.5 Å². The molecule has 0 N–H and O–H groups in total. The highest BCUT2D eigenvalue weighted by molar-refractivity contribution is 9.10. The summed E-state index contributed by atoms with van der Waals surface area (Å²) < 4.78 is 34.4. The summed E-state index contributed by atoms with van der Waals surface area (Å²) in [5.41, 5.74) is 0. The normalized spacial score (nSPS) is 19.6. The summed E-state index contributed by atoms with van der Waals surface area (Å²) in [7, 11) is 1.47. The number of halogens is 3. The zero-order chi connectivity index (χ0) is 14.0. The summed E-state index contributed by atoms with van der Waals surface area (Å²) in [5.74, 6) is 0.331. The van der Waals surface area contributed by atoms with Crippen molar-refractivity contribution < 1.29 is 17.9 Å². The highest BCUT2D eigenvalue weighted by Gasteiger charge is 2.23. The van der Waals surface area contributed by atoms with Gasteiger partial charge in [0.05, 0.1) is 18.2 Å². The molecule has 1 aromatic rings. The lowest BCUT2D eigenvalue weighted by Crippen LogP contribution is -2.13. The first-order chi connectivity index (χ1) is 8.88. The van der Waals surface area contributed by atoms with Gasteiger partial charge in [0.1, 0.15) is 4.90 Å². The molecule has 0 amide bonds. The van der Waals surface area contributed by atoms with Crippen molar-refractivity contribution in [2.45, 2.75) is 11.3 Å². The molecule has 106 valence electrons. The van der Waals surface area contributed by atoms with Gasteiger partial charge in [0.15, 0.2) is 5.75 Å². The highest BCUT2D eigenvalue weighted by atomic mass is 79.9. The molecule has 1 unspecified atom stereocenters. The van der Waals surface area contributed by atoms with Crippen LogP contribution in [-0.2, 0) is 13.8 Å². The highest BCUT2D eigenvalue weighted by Crippen LogP contribution is 2.37. The molecule has 0 radical (unpaired) electrons. The topological polar surface area (TPSA) is 52.6 Å². The van der Waals surface area contributed by atoms with E-state index in [1.165, 1.54) is 6.07 Å². The van der Waals surface area contributed by atoms with E-state index in [4.69, 9.17) is 31.8 Å². The van der Waals surface area contributed by atoms with Gasteiger partial charge in [-0.25, -0.2) is 8.42 Å². The van der Waals surface area contributed by atoms with Crippen LogP contribution >= 0.6 is 38.2 Å². The van der Waals surface area contributed by atoms with Crippen LogP contribution in [-0.4, -0.2) is 28.2 Å². The van der Waals surface area contributed by atoms with Gasteiger partial charge in [0.25, 0.3) is 9.05 Å². The number of ether oxygens (including phenoxy) is 2. The average Bonchev–Trinajstić information content (AvgIpc) is 2.78. The lowest BCUT2D eigenvalue weighted by molar-refractivity contribution is 0.166. The van der Waals surface area contributed by atoms with Crippen LogP contribution < -0.4 is 4.74 Å². The molecule has 1 aliphatic heterocycles. The van der Waals surface area contributed by atoms with Crippen molar-refractivity contribution in [3.63, 3.8) is 0 Å². The van der Waals surface area contributed by atoms with Crippen LogP contribution in [0.15, 0.2) is 21.5 Å². The minimum atomic E-state index is -3.92. The molecule has 1 aliphatic rings. The largest absolute Gasteiger partial charge is 0.490 e. The van der Waals surface area contributed by atoms with Crippen molar-refractivity contribution >= 4 is 47.3 Å². The van der Waals surface area contributed by atoms with Crippen molar-refractivity contribution in [3.8, 4) is 5.75 Å². The first-order valence-electron chi connectivity index (χ1n) is 5.52. The second-order valence-electron chi connectivity index (χ2n) is 4.19. The fourth-order valence-corrected chi connectivity index (χ4v) is 3.85. The zero-order valence-electron chi connectivity index (χ0n) is 9.74. The Labute approximate surface area is 129 Å². The van der Waals surface area contributed by atoms with Crippen molar-refractivity contribution in [2.75, 3.05) is 19.8 Å². The third kappa shape index (κ3) is 3.98. The van der Waals surface area contributed by atoms with Gasteiger partial charge in [-0.2, -0.15) is 0 Å². The molecule has 2 rings (SSSR count). The summed E-state index contributed by atoms with van der Waals surface area (Å²) in [6, 6.07) is 2.93. The van der Waals surface area contributed by atoms with Gasteiger partial charge in [0.2, 0.25) is 0 Å². The fraction of sp³-hybridized carbons (Fsp3) is 0.455. The van der Waals surface area contributed by atoms with Crippen molar-refractivity contribution in [1.29, 1.82) is 0 Å². The van der Waals surface area contributed by atoms with E-state index in [2.05, 4.69) is 15.9 Å². The molecule has 1 aromatic carbocycles. The Morgan fingerprint density at radius 3 is 2.79 bits per heavy atom. The van der Waals surface area contributed by atoms with Crippen molar-refractivity contribution in [3.05, 3.63) is 21.6 Å². The van der Waals surface area contributed by atoms with Crippen LogP contribution in [0.1, 0.15) is 6.42 Å². The predicted molar refractivity (Wildman–Crippen MR) is 76.6 cm³/mol. The minimum Gasteiger partial charge on any atom is -0.490 e. The molecule has 0 bridgehead atoms. The van der Waals surface area contributed by atoms with E-state index in [-0.39, 0.29) is 21.6 Å². The van der Waals surface area contributed by atoms with Crippen molar-refractivity contribution in [1.82, 2.24) is 0 Å². The molecule has 0 aliphatic carbocycles. The summed E-state index contributed by atoms with van der Waals surface area (Å²) >= 11 is 9.19.